The second-order valence-electron chi connectivity index (χ2n) is 13.1. The number of carbonyl (C=O) groups is 1. The summed E-state index contributed by atoms with van der Waals surface area (Å²) in [6, 6.07) is 45.0. The van der Waals surface area contributed by atoms with Crippen molar-refractivity contribution in [3.8, 4) is 17.2 Å². The van der Waals surface area contributed by atoms with Gasteiger partial charge in [0.25, 0.3) is 0 Å². The number of sulfone groups is 1. The van der Waals surface area contributed by atoms with E-state index in [0.29, 0.717) is 21.8 Å². The normalized spacial score (nSPS) is 10.9. The summed E-state index contributed by atoms with van der Waals surface area (Å²) < 4.78 is 39.9. The molecule has 0 saturated heterocycles. The number of aryl methyl sites for hydroxylation is 3. The van der Waals surface area contributed by atoms with Crippen LogP contribution >= 0.6 is 0 Å². The first-order chi connectivity index (χ1) is 25.3. The van der Waals surface area contributed by atoms with Crippen molar-refractivity contribution >= 4 is 15.6 Å². The third-order valence-corrected chi connectivity index (χ3v) is 10.7. The summed E-state index contributed by atoms with van der Waals surface area (Å²) in [4.78, 5) is 12.7. The van der Waals surface area contributed by atoms with Crippen molar-refractivity contribution in [2.45, 2.75) is 49.8 Å². The third kappa shape index (κ3) is 10.7. The van der Waals surface area contributed by atoms with Gasteiger partial charge in [-0.2, -0.15) is 0 Å². The molecule has 6 nitrogen and oxygen atoms in total. The molecule has 0 saturated carbocycles. The first-order valence-electron chi connectivity index (χ1n) is 17.2. The average molecular weight is 729 g/mol. The van der Waals surface area contributed by atoms with Gasteiger partial charge < -0.3 is 14.2 Å². The molecule has 53 heavy (non-hydrogen) atoms. The van der Waals surface area contributed by atoms with E-state index in [9.17, 15) is 13.2 Å². The quantitative estimate of drug-likeness (QED) is 0.138. The zero-order chi connectivity index (χ0) is 38.6. The Bertz CT molecular complexity index is 2150. The van der Waals surface area contributed by atoms with Gasteiger partial charge in [-0.15, -0.1) is 0 Å². The highest BCUT2D eigenvalue weighted by Gasteiger charge is 2.23. The fraction of sp³-hybridized carbons (Fsp3) is 0.196. The van der Waals surface area contributed by atoms with E-state index in [0.717, 1.165) is 22.6 Å². The van der Waals surface area contributed by atoms with Crippen LogP contribution in [0.2, 0.25) is 0 Å². The Morgan fingerprint density at radius 3 is 1.08 bits per heavy atom. The Hall–Kier alpha value is -5.66. The maximum absolute atomic E-state index is 12.3. The van der Waals surface area contributed by atoms with Gasteiger partial charge in [-0.25, -0.2) is 8.42 Å². The lowest BCUT2D eigenvalue weighted by molar-refractivity contribution is 0.103. The maximum Gasteiger partial charge on any atom is 0.206 e. The van der Waals surface area contributed by atoms with Crippen LogP contribution in [-0.4, -0.2) is 35.5 Å². The van der Waals surface area contributed by atoms with Gasteiger partial charge in [-0.1, -0.05) is 103 Å². The molecule has 7 heteroatoms. The van der Waals surface area contributed by atoms with Gasteiger partial charge in [0.15, 0.2) is 5.78 Å². The topological polar surface area (TPSA) is 78.9 Å². The van der Waals surface area contributed by atoms with Crippen LogP contribution < -0.4 is 14.2 Å². The number of hydrogen-bond acceptors (Lipinski definition) is 6. The molecule has 6 aromatic rings. The zero-order valence-electron chi connectivity index (χ0n) is 31.7. The molecule has 0 N–H and O–H groups in total. The van der Waals surface area contributed by atoms with Crippen molar-refractivity contribution < 1.29 is 27.4 Å². The summed E-state index contributed by atoms with van der Waals surface area (Å²) in [7, 11) is 1.41. The molecule has 0 spiro atoms. The Balaban J connectivity index is 0.000000178. The minimum absolute atomic E-state index is 0.0139. The summed E-state index contributed by atoms with van der Waals surface area (Å²) in [5.41, 5.74) is 7.50. The molecule has 6 rings (SSSR count). The summed E-state index contributed by atoms with van der Waals surface area (Å²) in [6.45, 7) is 10.5. The van der Waals surface area contributed by atoms with E-state index in [1.54, 1.807) is 94.1 Å². The highest BCUT2D eigenvalue weighted by atomic mass is 32.2. The molecule has 0 aliphatic rings. The molecule has 0 aromatic heterocycles. The van der Waals surface area contributed by atoms with Crippen molar-refractivity contribution in [2.24, 2.45) is 0 Å². The number of hydrogen-bond donors (Lipinski definition) is 0. The second kappa shape index (κ2) is 18.2. The van der Waals surface area contributed by atoms with Gasteiger partial charge in [0.05, 0.1) is 31.1 Å². The first kappa shape index (κ1) is 40.1. The smallest absolute Gasteiger partial charge is 0.206 e. The monoisotopic (exact) mass is 728 g/mol. The van der Waals surface area contributed by atoms with Crippen LogP contribution in [0.3, 0.4) is 0 Å². The lowest BCUT2D eigenvalue weighted by Crippen LogP contribution is -2.18. The van der Waals surface area contributed by atoms with Gasteiger partial charge in [0, 0.05) is 16.5 Å². The zero-order valence-corrected chi connectivity index (χ0v) is 32.5. The predicted molar refractivity (Wildman–Crippen MR) is 214 cm³/mol. The molecule has 0 radical (unpaired) electrons. The van der Waals surface area contributed by atoms with Crippen molar-refractivity contribution in [2.75, 3.05) is 21.3 Å². The van der Waals surface area contributed by atoms with E-state index < -0.39 is 9.84 Å². The van der Waals surface area contributed by atoms with E-state index in [4.69, 9.17) is 14.2 Å². The fourth-order valence-electron chi connectivity index (χ4n) is 5.37. The summed E-state index contributed by atoms with van der Waals surface area (Å²) >= 11 is 0. The van der Waals surface area contributed by atoms with Crippen molar-refractivity contribution in [3.63, 3.8) is 0 Å². The molecule has 0 heterocycles. The molecule has 6 aromatic carbocycles. The van der Waals surface area contributed by atoms with Crippen molar-refractivity contribution in [1.82, 2.24) is 0 Å². The van der Waals surface area contributed by atoms with Crippen LogP contribution in [0, 0.1) is 20.8 Å². The molecule has 274 valence electrons. The minimum Gasteiger partial charge on any atom is -0.497 e. The highest BCUT2D eigenvalue weighted by Crippen LogP contribution is 2.32. The number of carbonyl (C=O) groups excluding carboxylic acids is 1. The SMILES string of the molecule is COc1ccc(C(=O)c2ccc(C)cc2)cc1.COc1ccc(C(C)(C)c2ccc(C)cc2)cc1.COc1ccc(S(=O)(=O)c2ccc(C)cc2)cc1. The lowest BCUT2D eigenvalue weighted by Gasteiger charge is -2.26. The third-order valence-electron chi connectivity index (χ3n) is 8.95. The number of ketones is 1. The summed E-state index contributed by atoms with van der Waals surface area (Å²) in [5.74, 6) is 2.33. The van der Waals surface area contributed by atoms with Crippen LogP contribution in [0.1, 0.15) is 57.6 Å². The number of benzene rings is 6. The minimum atomic E-state index is -3.44. The van der Waals surface area contributed by atoms with Crippen LogP contribution in [0.15, 0.2) is 155 Å². The Labute approximate surface area is 315 Å². The number of methoxy groups -OCH3 is 3. The maximum atomic E-state index is 12.3. The van der Waals surface area contributed by atoms with Gasteiger partial charge in [-0.05, 0) is 105 Å². The molecular formula is C46H48O6S. The molecule has 0 fully saturated rings. The van der Waals surface area contributed by atoms with Crippen LogP contribution in [0.5, 0.6) is 17.2 Å². The number of ether oxygens (including phenoxy) is 3. The molecule has 0 aliphatic carbocycles. The Morgan fingerprint density at radius 1 is 0.434 bits per heavy atom. The van der Waals surface area contributed by atoms with Crippen molar-refractivity contribution in [1.29, 1.82) is 0 Å². The molecule has 0 amide bonds. The van der Waals surface area contributed by atoms with Gasteiger partial charge >= 0.3 is 0 Å². The summed E-state index contributed by atoms with van der Waals surface area (Å²) in [6.07, 6.45) is 0. The standard InChI is InChI=1S/C17H20O.C15H14O2.C14H14O3S/c1-13-5-7-14(8-6-13)17(2,3)15-9-11-16(18-4)12-10-15;1-11-3-5-12(6-4-11)15(16)13-7-9-14(17-2)10-8-13;1-11-3-7-13(8-4-11)18(15,16)14-9-5-12(17-2)6-10-14/h5-12H,1-4H3;3-10H,1-2H3;3-10H,1-2H3. The van der Waals surface area contributed by atoms with E-state index in [1.807, 2.05) is 50.2 Å². The van der Waals surface area contributed by atoms with Crippen LogP contribution in [0.4, 0.5) is 0 Å². The Morgan fingerprint density at radius 2 is 0.698 bits per heavy atom. The van der Waals surface area contributed by atoms with Crippen LogP contribution in [0.25, 0.3) is 0 Å². The second-order valence-corrected chi connectivity index (χ2v) is 15.1. The van der Waals surface area contributed by atoms with Gasteiger partial charge in [-0.3, -0.25) is 4.79 Å². The van der Waals surface area contributed by atoms with Crippen molar-refractivity contribution in [3.05, 3.63) is 185 Å². The largest absolute Gasteiger partial charge is 0.497 e. The summed E-state index contributed by atoms with van der Waals surface area (Å²) in [5, 5.41) is 0. The van der Waals surface area contributed by atoms with E-state index in [2.05, 4.69) is 57.2 Å². The van der Waals surface area contributed by atoms with E-state index in [-0.39, 0.29) is 16.1 Å². The molecule has 0 bridgehead atoms. The molecular weight excluding hydrogens is 681 g/mol. The highest BCUT2D eigenvalue weighted by molar-refractivity contribution is 7.91. The molecule has 0 atom stereocenters. The fourth-order valence-corrected chi connectivity index (χ4v) is 6.63. The molecule has 0 aliphatic heterocycles. The van der Waals surface area contributed by atoms with E-state index >= 15 is 0 Å². The molecule has 0 unspecified atom stereocenters. The van der Waals surface area contributed by atoms with Gasteiger partial charge in [0.1, 0.15) is 17.2 Å². The first-order valence-corrected chi connectivity index (χ1v) is 18.7. The van der Waals surface area contributed by atoms with Crippen LogP contribution in [-0.2, 0) is 15.3 Å². The predicted octanol–water partition coefficient (Wildman–Crippen LogP) is 10.4. The Kier molecular flexibility index (Phi) is 13.8. The van der Waals surface area contributed by atoms with E-state index in [1.165, 1.54) is 16.7 Å². The van der Waals surface area contributed by atoms with Gasteiger partial charge in [0.2, 0.25) is 9.84 Å². The lowest BCUT2D eigenvalue weighted by atomic mass is 9.78. The number of rotatable bonds is 9. The average Bonchev–Trinajstić information content (AvgIpc) is 3.19.